The number of carbonyl (C=O) groups excluding carboxylic acids is 2. The van der Waals surface area contributed by atoms with Crippen LogP contribution in [-0.2, 0) is 9.59 Å². The van der Waals surface area contributed by atoms with Crippen LogP contribution in [0.5, 0.6) is 11.5 Å². The van der Waals surface area contributed by atoms with Crippen LogP contribution in [0.4, 0.5) is 4.79 Å². The lowest BCUT2D eigenvalue weighted by Gasteiger charge is -2.22. The number of likely N-dealkylation sites (tertiary alicyclic amines) is 1. The second-order valence-electron chi connectivity index (χ2n) is 6.92. The number of primary amides is 1. The molecule has 0 bridgehead atoms. The van der Waals surface area contributed by atoms with Crippen LogP contribution >= 0.6 is 0 Å². The number of amides is 3. The molecule has 8 nitrogen and oxygen atoms in total. The summed E-state index contributed by atoms with van der Waals surface area (Å²) < 4.78 is 5.81. The number of rotatable bonds is 7. The molecule has 152 valence electrons. The first kappa shape index (κ1) is 20.2. The van der Waals surface area contributed by atoms with Gasteiger partial charge in [0, 0.05) is 13.1 Å². The Morgan fingerprint density at radius 1 is 1.14 bits per heavy atom. The second kappa shape index (κ2) is 9.09. The van der Waals surface area contributed by atoms with E-state index in [9.17, 15) is 14.4 Å². The third kappa shape index (κ3) is 5.47. The number of aliphatic carboxylic acids is 1. The van der Waals surface area contributed by atoms with Crippen molar-refractivity contribution in [3.05, 3.63) is 60.2 Å². The maximum Gasteiger partial charge on any atom is 0.312 e. The SMILES string of the molecule is NC(=O)N[C@H](CC(=O)N1CC[C@@H](C(=O)O)C1)c1cccc(Oc2ccccc2)c1. The monoisotopic (exact) mass is 397 g/mol. The zero-order valence-electron chi connectivity index (χ0n) is 15.8. The van der Waals surface area contributed by atoms with Gasteiger partial charge in [0.1, 0.15) is 11.5 Å². The van der Waals surface area contributed by atoms with Gasteiger partial charge in [-0.2, -0.15) is 0 Å². The number of urea groups is 1. The number of carboxylic acids is 1. The molecule has 1 saturated heterocycles. The third-order valence-corrected chi connectivity index (χ3v) is 4.82. The highest BCUT2D eigenvalue weighted by Gasteiger charge is 2.32. The van der Waals surface area contributed by atoms with Crippen molar-refractivity contribution < 1.29 is 24.2 Å². The first-order chi connectivity index (χ1) is 13.9. The number of hydrogen-bond acceptors (Lipinski definition) is 4. The van der Waals surface area contributed by atoms with Crippen molar-refractivity contribution in [1.29, 1.82) is 0 Å². The summed E-state index contributed by atoms with van der Waals surface area (Å²) in [7, 11) is 0. The van der Waals surface area contributed by atoms with Gasteiger partial charge in [-0.3, -0.25) is 9.59 Å². The molecule has 1 heterocycles. The molecule has 2 atom stereocenters. The molecule has 0 saturated carbocycles. The fraction of sp³-hybridized carbons (Fsp3) is 0.286. The van der Waals surface area contributed by atoms with E-state index in [1.807, 2.05) is 30.3 Å². The van der Waals surface area contributed by atoms with Crippen LogP contribution in [0.25, 0.3) is 0 Å². The van der Waals surface area contributed by atoms with Crippen LogP contribution in [0.3, 0.4) is 0 Å². The Morgan fingerprint density at radius 2 is 1.86 bits per heavy atom. The highest BCUT2D eigenvalue weighted by atomic mass is 16.5. The van der Waals surface area contributed by atoms with E-state index in [2.05, 4.69) is 5.32 Å². The highest BCUT2D eigenvalue weighted by Crippen LogP contribution is 2.27. The fourth-order valence-electron chi connectivity index (χ4n) is 3.34. The van der Waals surface area contributed by atoms with Gasteiger partial charge in [0.2, 0.25) is 5.91 Å². The molecule has 2 aromatic carbocycles. The summed E-state index contributed by atoms with van der Waals surface area (Å²) in [6, 6.07) is 14.9. The van der Waals surface area contributed by atoms with E-state index >= 15 is 0 Å². The maximum atomic E-state index is 12.7. The number of para-hydroxylation sites is 1. The molecule has 1 aliphatic rings. The van der Waals surface area contributed by atoms with Crippen LogP contribution < -0.4 is 15.8 Å². The molecule has 1 fully saturated rings. The second-order valence-corrected chi connectivity index (χ2v) is 6.92. The number of nitrogens with two attached hydrogens (primary N) is 1. The molecule has 2 aromatic rings. The molecular weight excluding hydrogens is 374 g/mol. The molecule has 3 rings (SSSR count). The minimum Gasteiger partial charge on any atom is -0.481 e. The summed E-state index contributed by atoms with van der Waals surface area (Å²) in [4.78, 5) is 36.8. The zero-order chi connectivity index (χ0) is 20.8. The molecule has 4 N–H and O–H groups in total. The van der Waals surface area contributed by atoms with Gasteiger partial charge >= 0.3 is 12.0 Å². The molecule has 8 heteroatoms. The molecule has 3 amide bonds. The molecule has 0 unspecified atom stereocenters. The topological polar surface area (TPSA) is 122 Å². The number of nitrogens with zero attached hydrogens (tertiary/aromatic N) is 1. The molecule has 0 spiro atoms. The van der Waals surface area contributed by atoms with E-state index < -0.39 is 24.0 Å². The first-order valence-corrected chi connectivity index (χ1v) is 9.32. The van der Waals surface area contributed by atoms with Crippen LogP contribution in [-0.4, -0.2) is 41.0 Å². The van der Waals surface area contributed by atoms with E-state index in [-0.39, 0.29) is 18.9 Å². The Hall–Kier alpha value is -3.55. The summed E-state index contributed by atoms with van der Waals surface area (Å²) in [5.41, 5.74) is 5.97. The van der Waals surface area contributed by atoms with Crippen molar-refractivity contribution in [2.75, 3.05) is 13.1 Å². The van der Waals surface area contributed by atoms with E-state index in [0.29, 0.717) is 30.0 Å². The van der Waals surface area contributed by atoms with Crippen LogP contribution in [0.2, 0.25) is 0 Å². The Bertz CT molecular complexity index is 887. The van der Waals surface area contributed by atoms with Crippen LogP contribution in [0.15, 0.2) is 54.6 Å². The van der Waals surface area contributed by atoms with E-state index in [4.69, 9.17) is 15.6 Å². The zero-order valence-corrected chi connectivity index (χ0v) is 15.8. The average Bonchev–Trinajstić information content (AvgIpc) is 3.19. The van der Waals surface area contributed by atoms with Gasteiger partial charge in [-0.15, -0.1) is 0 Å². The summed E-state index contributed by atoms with van der Waals surface area (Å²) in [6.07, 6.45) is 0.402. The van der Waals surface area contributed by atoms with Gasteiger partial charge in [0.05, 0.1) is 18.4 Å². The van der Waals surface area contributed by atoms with E-state index in [1.54, 1.807) is 24.3 Å². The smallest absolute Gasteiger partial charge is 0.312 e. The lowest BCUT2D eigenvalue weighted by Crippen LogP contribution is -2.38. The van der Waals surface area contributed by atoms with Crippen molar-refractivity contribution in [3.63, 3.8) is 0 Å². The number of nitrogens with one attached hydrogen (secondary N) is 1. The van der Waals surface area contributed by atoms with Crippen LogP contribution in [0, 0.1) is 5.92 Å². The quantitative estimate of drug-likeness (QED) is 0.663. The van der Waals surface area contributed by atoms with Crippen molar-refractivity contribution in [1.82, 2.24) is 10.2 Å². The molecule has 29 heavy (non-hydrogen) atoms. The van der Waals surface area contributed by atoms with Crippen molar-refractivity contribution in [2.24, 2.45) is 11.7 Å². The van der Waals surface area contributed by atoms with E-state index in [0.717, 1.165) is 0 Å². The number of carbonyl (C=O) groups is 3. The van der Waals surface area contributed by atoms with E-state index in [1.165, 1.54) is 4.90 Å². The predicted octanol–water partition coefficient (Wildman–Crippen LogP) is 2.51. The Labute approximate surface area is 168 Å². The van der Waals surface area contributed by atoms with Gasteiger partial charge in [0.15, 0.2) is 0 Å². The van der Waals surface area contributed by atoms with Gasteiger partial charge in [-0.25, -0.2) is 4.79 Å². The molecule has 0 aromatic heterocycles. The van der Waals surface area contributed by atoms with Crippen molar-refractivity contribution in [2.45, 2.75) is 18.9 Å². The summed E-state index contributed by atoms with van der Waals surface area (Å²) in [5, 5.41) is 11.7. The Kier molecular flexibility index (Phi) is 6.33. The standard InChI is InChI=1S/C21H23N3O5/c22-21(28)23-18(12-19(25)24-10-9-15(13-24)20(26)27)14-5-4-8-17(11-14)29-16-6-2-1-3-7-16/h1-8,11,15,18H,9-10,12-13H2,(H,26,27)(H3,22,23,28)/t15-,18-/m1/s1. The summed E-state index contributed by atoms with van der Waals surface area (Å²) in [5.74, 6) is -0.467. The third-order valence-electron chi connectivity index (χ3n) is 4.82. The maximum absolute atomic E-state index is 12.7. The van der Waals surface area contributed by atoms with Crippen LogP contribution in [0.1, 0.15) is 24.4 Å². The summed E-state index contributed by atoms with van der Waals surface area (Å²) >= 11 is 0. The molecule has 0 aliphatic carbocycles. The normalized spacial score (nSPS) is 16.8. The molecule has 1 aliphatic heterocycles. The number of carboxylic acid groups (broad SMARTS) is 1. The minimum atomic E-state index is -0.905. The van der Waals surface area contributed by atoms with Crippen molar-refractivity contribution >= 4 is 17.9 Å². The predicted molar refractivity (Wildman–Crippen MR) is 105 cm³/mol. The molecule has 0 radical (unpaired) electrons. The number of hydrogen-bond donors (Lipinski definition) is 3. The lowest BCUT2D eigenvalue weighted by molar-refractivity contribution is -0.141. The number of ether oxygens (including phenoxy) is 1. The Balaban J connectivity index is 1.73. The number of benzene rings is 2. The minimum absolute atomic E-state index is 0.0237. The van der Waals surface area contributed by atoms with Gasteiger partial charge in [-0.1, -0.05) is 30.3 Å². The highest BCUT2D eigenvalue weighted by molar-refractivity contribution is 5.80. The summed E-state index contributed by atoms with van der Waals surface area (Å²) in [6.45, 7) is 0.560. The van der Waals surface area contributed by atoms with Gasteiger partial charge in [0.25, 0.3) is 0 Å². The van der Waals surface area contributed by atoms with Crippen molar-refractivity contribution in [3.8, 4) is 11.5 Å². The van der Waals surface area contributed by atoms with Gasteiger partial charge < -0.3 is 25.8 Å². The first-order valence-electron chi connectivity index (χ1n) is 9.32. The largest absolute Gasteiger partial charge is 0.481 e. The average molecular weight is 397 g/mol. The molecular formula is C21H23N3O5. The lowest BCUT2D eigenvalue weighted by atomic mass is 10.0. The Morgan fingerprint density at radius 3 is 2.52 bits per heavy atom. The fourth-order valence-corrected chi connectivity index (χ4v) is 3.34. The van der Waals surface area contributed by atoms with Gasteiger partial charge in [-0.05, 0) is 36.2 Å².